The lowest BCUT2D eigenvalue weighted by Crippen LogP contribution is -2.29. The molecule has 0 saturated heterocycles. The first-order chi connectivity index (χ1) is 11.9. The molecule has 2 heterocycles. The third-order valence-electron chi connectivity index (χ3n) is 3.20. The van der Waals surface area contributed by atoms with Crippen LogP contribution in [0.3, 0.4) is 0 Å². The van der Waals surface area contributed by atoms with E-state index in [1.807, 2.05) is 0 Å². The molecule has 0 aliphatic carbocycles. The fraction of sp³-hybridized carbons (Fsp3) is 0.214. The first-order valence-electron chi connectivity index (χ1n) is 6.65. The highest BCUT2D eigenvalue weighted by Gasteiger charge is 2.49. The van der Waals surface area contributed by atoms with Gasteiger partial charge < -0.3 is 9.08 Å². The molecule has 0 aromatic carbocycles. The molecule has 0 spiro atoms. The van der Waals surface area contributed by atoms with Crippen molar-refractivity contribution in [2.24, 2.45) is 0 Å². The predicted octanol–water partition coefficient (Wildman–Crippen LogP) is 3.80. The Labute approximate surface area is 156 Å². The van der Waals surface area contributed by atoms with E-state index in [9.17, 15) is 26.4 Å². The van der Waals surface area contributed by atoms with Crippen LogP contribution in [0.5, 0.6) is 0 Å². The van der Waals surface area contributed by atoms with Crippen LogP contribution in [0.25, 0.3) is 0 Å². The lowest BCUT2D eigenvalue weighted by atomic mass is 10.1. The van der Waals surface area contributed by atoms with Gasteiger partial charge in [-0.15, -0.1) is 0 Å². The van der Waals surface area contributed by atoms with Crippen LogP contribution in [0.15, 0.2) is 40.5 Å². The van der Waals surface area contributed by atoms with Gasteiger partial charge in [0.15, 0.2) is 17.4 Å². The fourth-order valence-electron chi connectivity index (χ4n) is 2.07. The highest BCUT2D eigenvalue weighted by atomic mass is 35.5. The zero-order chi connectivity index (χ0) is 19.9. The van der Waals surface area contributed by atoms with E-state index in [-0.39, 0.29) is 10.9 Å². The van der Waals surface area contributed by atoms with Gasteiger partial charge in [-0.1, -0.05) is 23.2 Å². The molecule has 0 saturated carbocycles. The molecule has 2 rings (SSSR count). The molecule has 0 amide bonds. The minimum Gasteiger partial charge on any atom is -0.374 e. The van der Waals surface area contributed by atoms with Crippen LogP contribution >= 0.6 is 23.2 Å². The number of aromatic nitrogens is 1. The van der Waals surface area contributed by atoms with Gasteiger partial charge in [0.25, 0.3) is 0 Å². The molecular weight excluding hydrogens is 420 g/mol. The van der Waals surface area contributed by atoms with Crippen LogP contribution < -0.4 is 4.90 Å². The molecule has 0 bridgehead atoms. The summed E-state index contributed by atoms with van der Waals surface area (Å²) in [4.78, 5) is 16.5. The highest BCUT2D eigenvalue weighted by molar-refractivity contribution is 7.87. The number of anilines is 1. The number of halogens is 5. The number of alkyl halides is 3. The highest BCUT2D eigenvalue weighted by Crippen LogP contribution is 2.39. The van der Waals surface area contributed by atoms with Gasteiger partial charge in [-0.2, -0.15) is 21.6 Å². The Kier molecular flexibility index (Phi) is 5.44. The van der Waals surface area contributed by atoms with Gasteiger partial charge in [0.1, 0.15) is 10.2 Å². The summed E-state index contributed by atoms with van der Waals surface area (Å²) in [5.41, 5.74) is -5.04. The number of rotatable bonds is 3. The van der Waals surface area contributed by atoms with Crippen LogP contribution in [-0.4, -0.2) is 24.9 Å². The van der Waals surface area contributed by atoms with E-state index in [2.05, 4.69) is 9.17 Å². The van der Waals surface area contributed by atoms with Crippen molar-refractivity contribution in [1.29, 1.82) is 0 Å². The van der Waals surface area contributed by atoms with Crippen molar-refractivity contribution in [1.82, 2.24) is 4.98 Å². The number of pyridine rings is 1. The van der Waals surface area contributed by atoms with E-state index in [1.165, 1.54) is 30.0 Å². The van der Waals surface area contributed by atoms with Crippen LogP contribution in [0.4, 0.5) is 18.9 Å². The molecule has 0 unspecified atom stereocenters. The number of hydrogen-bond acceptors (Lipinski definition) is 6. The molecule has 1 aromatic rings. The number of carbonyl (C=O) groups excluding carboxylic acids is 1. The summed E-state index contributed by atoms with van der Waals surface area (Å²) >= 11 is 11.7. The molecule has 140 valence electrons. The zero-order valence-corrected chi connectivity index (χ0v) is 15.4. The number of nitrogens with zero attached hydrogens (tertiary/aromatic N) is 2. The fourth-order valence-corrected chi connectivity index (χ4v) is 2.94. The Morgan fingerprint density at radius 1 is 1.27 bits per heavy atom. The van der Waals surface area contributed by atoms with E-state index in [0.717, 1.165) is 6.08 Å². The molecule has 12 heteroatoms. The normalized spacial score (nSPS) is 15.7. The Hall–Kier alpha value is -2.00. The van der Waals surface area contributed by atoms with Gasteiger partial charge in [-0.25, -0.2) is 9.78 Å². The average Bonchev–Trinajstić information content (AvgIpc) is 2.51. The van der Waals surface area contributed by atoms with Gasteiger partial charge in [-0.3, -0.25) is 0 Å². The standard InChI is InChI=1S/C14H9Cl2F3N2O4S/c1-7-5-20-12(15)4-9(7)21-8(2)3-11(13(16)10(21)6-22)25-26(23,24)14(17,18)19/h3-5H,1-2H3. The van der Waals surface area contributed by atoms with E-state index in [4.69, 9.17) is 23.2 Å². The van der Waals surface area contributed by atoms with Crippen LogP contribution in [-0.2, 0) is 19.1 Å². The molecule has 0 atom stereocenters. The second-order valence-corrected chi connectivity index (χ2v) is 7.33. The molecule has 1 aliphatic heterocycles. The van der Waals surface area contributed by atoms with Crippen molar-refractivity contribution < 1.29 is 30.6 Å². The van der Waals surface area contributed by atoms with E-state index in [1.54, 1.807) is 6.92 Å². The minimum absolute atomic E-state index is 0.0884. The van der Waals surface area contributed by atoms with Gasteiger partial charge in [0.05, 0.1) is 5.69 Å². The summed E-state index contributed by atoms with van der Waals surface area (Å²) in [6.45, 7) is 3.05. The molecule has 0 N–H and O–H groups in total. The molecule has 1 aliphatic rings. The lowest BCUT2D eigenvalue weighted by molar-refractivity contribution is -0.0520. The van der Waals surface area contributed by atoms with Gasteiger partial charge in [0, 0.05) is 18.0 Å². The predicted molar refractivity (Wildman–Crippen MR) is 88.4 cm³/mol. The second-order valence-electron chi connectivity index (χ2n) is 5.03. The van der Waals surface area contributed by atoms with Crippen molar-refractivity contribution in [3.63, 3.8) is 0 Å². The monoisotopic (exact) mass is 428 g/mol. The maximum atomic E-state index is 12.5. The Bertz CT molecular complexity index is 980. The first kappa shape index (κ1) is 20.3. The van der Waals surface area contributed by atoms with E-state index in [0.29, 0.717) is 11.3 Å². The third-order valence-corrected chi connectivity index (χ3v) is 4.74. The maximum absolute atomic E-state index is 12.5. The molecule has 6 nitrogen and oxygen atoms in total. The largest absolute Gasteiger partial charge is 0.534 e. The second kappa shape index (κ2) is 6.96. The summed E-state index contributed by atoms with van der Waals surface area (Å²) in [5.74, 6) is 0.623. The summed E-state index contributed by atoms with van der Waals surface area (Å²) in [6, 6.07) is 1.40. The topological polar surface area (TPSA) is 76.6 Å². The van der Waals surface area contributed by atoms with E-state index < -0.39 is 32.1 Å². The quantitative estimate of drug-likeness (QED) is 0.315. The Morgan fingerprint density at radius 3 is 2.42 bits per heavy atom. The molecule has 0 fully saturated rings. The van der Waals surface area contributed by atoms with Crippen molar-refractivity contribution in [3.8, 4) is 0 Å². The summed E-state index contributed by atoms with van der Waals surface area (Å²) < 4.78 is 64.0. The van der Waals surface area contributed by atoms with E-state index >= 15 is 0 Å². The number of aryl methyl sites for hydroxylation is 1. The molecular formula is C14H9Cl2F3N2O4S. The first-order valence-corrected chi connectivity index (χ1v) is 8.82. The van der Waals surface area contributed by atoms with Crippen molar-refractivity contribution >= 4 is 44.9 Å². The summed E-state index contributed by atoms with van der Waals surface area (Å²) in [7, 11) is -5.96. The number of hydrogen-bond donors (Lipinski definition) is 0. The van der Waals surface area contributed by atoms with Crippen molar-refractivity contribution in [3.05, 3.63) is 51.2 Å². The Balaban J connectivity index is 2.57. The van der Waals surface area contributed by atoms with Crippen LogP contribution in [0.2, 0.25) is 5.15 Å². The number of allylic oxidation sites excluding steroid dienone is 3. The van der Waals surface area contributed by atoms with Crippen LogP contribution in [0.1, 0.15) is 12.5 Å². The minimum atomic E-state index is -5.96. The summed E-state index contributed by atoms with van der Waals surface area (Å²) in [6.07, 6.45) is 2.35. The SMILES string of the molecule is CC1=CC(OS(=O)(=O)C(F)(F)F)=C(Cl)C(=C=O)N1c1cc(Cl)ncc1C. The molecule has 1 aromatic heterocycles. The smallest absolute Gasteiger partial charge is 0.374 e. The molecule has 0 radical (unpaired) electrons. The summed E-state index contributed by atoms with van der Waals surface area (Å²) in [5, 5.41) is -0.573. The van der Waals surface area contributed by atoms with Crippen molar-refractivity contribution in [2.45, 2.75) is 19.4 Å². The lowest BCUT2D eigenvalue weighted by Gasteiger charge is -2.30. The van der Waals surface area contributed by atoms with Crippen LogP contribution in [0, 0.1) is 6.92 Å². The van der Waals surface area contributed by atoms with Gasteiger partial charge in [0.2, 0.25) is 0 Å². The Morgan fingerprint density at radius 2 is 1.88 bits per heavy atom. The zero-order valence-electron chi connectivity index (χ0n) is 13.1. The van der Waals surface area contributed by atoms with Gasteiger partial charge >= 0.3 is 15.6 Å². The van der Waals surface area contributed by atoms with Gasteiger partial charge in [-0.05, 0) is 25.5 Å². The maximum Gasteiger partial charge on any atom is 0.534 e. The third kappa shape index (κ3) is 3.73. The average molecular weight is 429 g/mol. The van der Waals surface area contributed by atoms with Crippen molar-refractivity contribution in [2.75, 3.05) is 4.90 Å². The molecule has 26 heavy (non-hydrogen) atoms.